The van der Waals surface area contributed by atoms with Crippen molar-refractivity contribution < 1.29 is 37.5 Å². The molecule has 57 heavy (non-hydrogen) atoms. The van der Waals surface area contributed by atoms with Crippen molar-refractivity contribution in [2.45, 2.75) is 31.5 Å². The third-order valence-electron chi connectivity index (χ3n) is 10.7. The van der Waals surface area contributed by atoms with E-state index in [9.17, 15) is 32.3 Å². The molecular weight excluding hydrogens is 771 g/mol. The second-order valence-corrected chi connectivity index (χ2v) is 14.9. The van der Waals surface area contributed by atoms with E-state index in [4.69, 9.17) is 22.4 Å². The highest BCUT2D eigenvalue weighted by Crippen LogP contribution is 2.36. The summed E-state index contributed by atoms with van der Waals surface area (Å²) in [6.45, 7) is 4.65. The molecule has 3 aromatic heterocycles. The van der Waals surface area contributed by atoms with Crippen LogP contribution in [0.25, 0.3) is 11.4 Å². The number of carbonyl (C=O) groups excluding carboxylic acids is 3. The minimum absolute atomic E-state index is 0.0163. The Kier molecular flexibility index (Phi) is 11.6. The predicted octanol–water partition coefficient (Wildman–Crippen LogP) is 3.00. The van der Waals surface area contributed by atoms with E-state index in [1.165, 1.54) is 42.7 Å². The summed E-state index contributed by atoms with van der Waals surface area (Å²) in [5, 5.41) is 21.1. The average molecular weight is 812 g/mol. The van der Waals surface area contributed by atoms with Crippen LogP contribution in [0, 0.1) is 11.8 Å². The van der Waals surface area contributed by atoms with Gasteiger partial charge in [0.25, 0.3) is 11.8 Å². The Balaban J connectivity index is 0.948. The van der Waals surface area contributed by atoms with Crippen molar-refractivity contribution in [3.05, 3.63) is 76.1 Å². The number of hydrogen-bond acceptors (Lipinski definition) is 11. The molecule has 3 aliphatic rings. The zero-order chi connectivity index (χ0) is 40.4. The van der Waals surface area contributed by atoms with Gasteiger partial charge in [-0.2, -0.15) is 18.3 Å². The van der Waals surface area contributed by atoms with Crippen LogP contribution in [0.4, 0.5) is 24.5 Å². The van der Waals surface area contributed by atoms with E-state index in [1.807, 2.05) is 4.90 Å². The number of aromatic nitrogens is 5. The number of Topliss-reactive ketones (excluding diaryl/α,β-unsaturated/α-hetero) is 1. The van der Waals surface area contributed by atoms with E-state index in [1.54, 1.807) is 4.90 Å². The number of pyridine rings is 1. The van der Waals surface area contributed by atoms with Crippen LogP contribution < -0.4 is 16.4 Å². The van der Waals surface area contributed by atoms with E-state index in [-0.39, 0.29) is 87.3 Å². The van der Waals surface area contributed by atoms with E-state index in [2.05, 4.69) is 40.7 Å². The third-order valence-corrected chi connectivity index (χ3v) is 11.1. The van der Waals surface area contributed by atoms with Crippen molar-refractivity contribution in [1.82, 2.24) is 45.2 Å². The van der Waals surface area contributed by atoms with Gasteiger partial charge in [0, 0.05) is 93.8 Å². The number of anilines is 2. The summed E-state index contributed by atoms with van der Waals surface area (Å²) in [7, 11) is 0. The number of H-pyrrole nitrogens is 2. The maximum atomic E-state index is 13.9. The fourth-order valence-electron chi connectivity index (χ4n) is 7.65. The van der Waals surface area contributed by atoms with Gasteiger partial charge < -0.3 is 31.4 Å². The molecule has 6 heterocycles. The lowest BCUT2D eigenvalue weighted by Crippen LogP contribution is -2.62. The summed E-state index contributed by atoms with van der Waals surface area (Å²) < 4.78 is 41.6. The van der Waals surface area contributed by atoms with Gasteiger partial charge in [-0.05, 0) is 43.2 Å². The van der Waals surface area contributed by atoms with Crippen molar-refractivity contribution in [3.63, 3.8) is 0 Å². The molecule has 0 aliphatic carbocycles. The number of carboxylic acids is 1. The number of benzene rings is 1. The molecule has 2 amide bonds. The van der Waals surface area contributed by atoms with Crippen LogP contribution in [-0.2, 0) is 22.2 Å². The van der Waals surface area contributed by atoms with Gasteiger partial charge >= 0.3 is 12.1 Å². The standard InChI is InChI=1S/C37H41ClF3N11O5/c38-27-14-23(47-35(56)34-45-18-24(46-34)13-26-30(28-4-1-22(42)17-44-28)48-49-33(26)37(39,40)41)2-3-25(27)36(57)52-7-5-20(6-8-52)32(55)31(21-15-43-16-21)51-11-9-50(10-12-51)19-29(53)54/h1-4,14,17-18,20-21,31,43H,5-13,15-16,19,42H2,(H,45,46)(H,47,56)(H,48,49)(H,53,54). The van der Waals surface area contributed by atoms with Crippen LogP contribution >= 0.6 is 11.6 Å². The number of ketones is 1. The van der Waals surface area contributed by atoms with Crippen LogP contribution in [0.5, 0.6) is 0 Å². The summed E-state index contributed by atoms with van der Waals surface area (Å²) in [6, 6.07) is 7.14. The van der Waals surface area contributed by atoms with Crippen LogP contribution in [0.2, 0.25) is 5.02 Å². The SMILES string of the molecule is Nc1ccc(-c2n[nH]c(C(F)(F)F)c2Cc2cnc(C(=O)Nc3ccc(C(=O)N4CCC(C(=O)C(C5CNC5)N5CCN(CC(=O)O)CC5)CC4)c(Cl)c3)[nH]2)nc1. The molecule has 1 atom stereocenters. The number of aromatic amines is 2. The molecule has 1 aromatic carbocycles. The molecule has 0 saturated carbocycles. The number of alkyl halides is 3. The normalized spacial score (nSPS) is 17.9. The number of aliphatic carboxylic acids is 1. The monoisotopic (exact) mass is 811 g/mol. The number of rotatable bonds is 12. The average Bonchev–Trinajstić information content (AvgIpc) is 3.81. The first-order valence-corrected chi connectivity index (χ1v) is 18.9. The largest absolute Gasteiger partial charge is 0.480 e. The lowest BCUT2D eigenvalue weighted by atomic mass is 9.80. The molecule has 20 heteroatoms. The van der Waals surface area contributed by atoms with Crippen LogP contribution in [0.15, 0.2) is 42.7 Å². The second kappa shape index (κ2) is 16.6. The molecule has 3 aliphatic heterocycles. The zero-order valence-electron chi connectivity index (χ0n) is 30.6. The molecule has 0 bridgehead atoms. The van der Waals surface area contributed by atoms with Crippen LogP contribution in [0.3, 0.4) is 0 Å². The summed E-state index contributed by atoms with van der Waals surface area (Å²) in [4.78, 5) is 68.4. The van der Waals surface area contributed by atoms with Gasteiger partial charge in [0.1, 0.15) is 11.4 Å². The van der Waals surface area contributed by atoms with Crippen molar-refractivity contribution in [2.24, 2.45) is 11.8 Å². The number of likely N-dealkylation sites (tertiary alicyclic amines) is 1. The number of nitrogens with one attached hydrogen (secondary N) is 4. The van der Waals surface area contributed by atoms with Gasteiger partial charge in [0.15, 0.2) is 11.6 Å². The third kappa shape index (κ3) is 8.96. The number of piperidine rings is 1. The maximum Gasteiger partial charge on any atom is 0.433 e. The van der Waals surface area contributed by atoms with Crippen molar-refractivity contribution >= 4 is 46.5 Å². The fraction of sp³-hybridized carbons (Fsp3) is 0.432. The zero-order valence-corrected chi connectivity index (χ0v) is 31.4. The molecule has 1 unspecified atom stereocenters. The quantitative estimate of drug-likeness (QED) is 0.122. The molecule has 0 spiro atoms. The van der Waals surface area contributed by atoms with Crippen LogP contribution in [-0.4, -0.2) is 133 Å². The van der Waals surface area contributed by atoms with E-state index in [0.29, 0.717) is 57.8 Å². The molecule has 7 rings (SSSR count). The Morgan fingerprint density at radius 2 is 1.74 bits per heavy atom. The van der Waals surface area contributed by atoms with E-state index >= 15 is 0 Å². The second-order valence-electron chi connectivity index (χ2n) is 14.5. The van der Waals surface area contributed by atoms with Gasteiger partial charge in [0.05, 0.1) is 40.8 Å². The molecule has 16 nitrogen and oxygen atoms in total. The minimum Gasteiger partial charge on any atom is -0.480 e. The first kappa shape index (κ1) is 39.8. The first-order chi connectivity index (χ1) is 27.2. The number of carboxylic acid groups (broad SMARTS) is 1. The maximum absolute atomic E-state index is 13.9. The Morgan fingerprint density at radius 3 is 2.35 bits per heavy atom. The summed E-state index contributed by atoms with van der Waals surface area (Å²) in [5.41, 5.74) is 5.60. The highest BCUT2D eigenvalue weighted by atomic mass is 35.5. The number of carbonyl (C=O) groups is 4. The van der Waals surface area contributed by atoms with Crippen molar-refractivity contribution in [3.8, 4) is 11.4 Å². The molecule has 4 aromatic rings. The topological polar surface area (TPSA) is 219 Å². The molecule has 7 N–H and O–H groups in total. The number of nitrogens with zero attached hydrogens (tertiary/aromatic N) is 6. The number of hydrogen-bond donors (Lipinski definition) is 6. The Morgan fingerprint density at radius 1 is 1.00 bits per heavy atom. The van der Waals surface area contributed by atoms with Gasteiger partial charge in [-0.15, -0.1) is 0 Å². The fourth-order valence-corrected chi connectivity index (χ4v) is 7.92. The molecular formula is C37H41ClF3N11O5. The predicted molar refractivity (Wildman–Crippen MR) is 201 cm³/mol. The molecule has 0 radical (unpaired) electrons. The highest BCUT2D eigenvalue weighted by molar-refractivity contribution is 6.34. The lowest BCUT2D eigenvalue weighted by molar-refractivity contribution is -0.142. The summed E-state index contributed by atoms with van der Waals surface area (Å²) >= 11 is 6.55. The van der Waals surface area contributed by atoms with E-state index in [0.717, 1.165) is 13.1 Å². The van der Waals surface area contributed by atoms with Crippen molar-refractivity contribution in [2.75, 3.05) is 70.0 Å². The van der Waals surface area contributed by atoms with Crippen LogP contribution in [0.1, 0.15) is 50.8 Å². The highest BCUT2D eigenvalue weighted by Gasteiger charge is 2.42. The number of halogens is 4. The van der Waals surface area contributed by atoms with E-state index < -0.39 is 23.7 Å². The van der Waals surface area contributed by atoms with Gasteiger partial charge in [-0.1, -0.05) is 11.6 Å². The number of imidazole rings is 1. The van der Waals surface area contributed by atoms with Gasteiger partial charge in [-0.3, -0.25) is 39.1 Å². The number of nitrogen functional groups attached to an aromatic ring is 1. The van der Waals surface area contributed by atoms with Crippen molar-refractivity contribution in [1.29, 1.82) is 0 Å². The van der Waals surface area contributed by atoms with Gasteiger partial charge in [-0.25, -0.2) is 4.98 Å². The molecule has 302 valence electrons. The number of piperazine rings is 1. The lowest BCUT2D eigenvalue weighted by Gasteiger charge is -2.45. The molecule has 3 fully saturated rings. The van der Waals surface area contributed by atoms with Gasteiger partial charge in [0.2, 0.25) is 0 Å². The Labute approximate surface area is 329 Å². The first-order valence-electron chi connectivity index (χ1n) is 18.5. The number of nitrogens with two attached hydrogens (primary N) is 1. The molecule has 3 saturated heterocycles. The number of amides is 2. The summed E-state index contributed by atoms with van der Waals surface area (Å²) in [6.07, 6.45) is -1.46. The smallest absolute Gasteiger partial charge is 0.433 e. The summed E-state index contributed by atoms with van der Waals surface area (Å²) in [5.74, 6) is -1.87. The Hall–Kier alpha value is -5.37. The minimum atomic E-state index is -4.74. The Bertz CT molecular complexity index is 2120.